The Morgan fingerprint density at radius 3 is 2.50 bits per heavy atom. The number of hydrogen-bond donors (Lipinski definition) is 0. The molecule has 0 atom stereocenters. The highest BCUT2D eigenvalue weighted by Gasteiger charge is 2.15. The van der Waals surface area contributed by atoms with Gasteiger partial charge in [0.1, 0.15) is 18.2 Å². The molecule has 0 bridgehead atoms. The third-order valence-electron chi connectivity index (χ3n) is 3.81. The van der Waals surface area contributed by atoms with Gasteiger partial charge in [0, 0.05) is 11.4 Å². The number of fused-ring (bicyclic) bond motifs is 1. The van der Waals surface area contributed by atoms with Gasteiger partial charge in [-0.1, -0.05) is 29.8 Å². The van der Waals surface area contributed by atoms with Gasteiger partial charge in [-0.05, 0) is 45.0 Å². The topological polar surface area (TPSA) is 14.2 Å². The summed E-state index contributed by atoms with van der Waals surface area (Å²) >= 11 is 0. The van der Waals surface area contributed by atoms with Crippen molar-refractivity contribution in [3.05, 3.63) is 65.6 Å². The Bertz CT molecular complexity index is 787. The Hall–Kier alpha value is -2.29. The molecule has 114 valence electrons. The molecule has 0 saturated heterocycles. The molecule has 0 aliphatic rings. The third kappa shape index (κ3) is 2.71. The maximum Gasteiger partial charge on any atom is 0.147 e. The Balaban J connectivity index is 1.94. The number of para-hydroxylation sites is 1. The fourth-order valence-electron chi connectivity index (χ4n) is 2.79. The molecule has 3 aromatic rings. The van der Waals surface area contributed by atoms with E-state index >= 15 is 0 Å². The lowest BCUT2D eigenvalue weighted by molar-refractivity contribution is 0.293. The van der Waals surface area contributed by atoms with E-state index in [1.54, 1.807) is 6.07 Å². The van der Waals surface area contributed by atoms with E-state index in [1.807, 2.05) is 47.9 Å². The molecule has 1 heterocycles. The van der Waals surface area contributed by atoms with Crippen molar-refractivity contribution in [3.63, 3.8) is 0 Å². The van der Waals surface area contributed by atoms with Gasteiger partial charge in [0.25, 0.3) is 0 Å². The number of halogens is 1. The van der Waals surface area contributed by atoms with Gasteiger partial charge in [0.2, 0.25) is 0 Å². The molecule has 2 aromatic carbocycles. The van der Waals surface area contributed by atoms with Gasteiger partial charge in [-0.3, -0.25) is 0 Å². The predicted molar refractivity (Wildman–Crippen MR) is 87.8 cm³/mol. The zero-order valence-corrected chi connectivity index (χ0v) is 13.1. The van der Waals surface area contributed by atoms with E-state index in [-0.39, 0.29) is 11.9 Å². The molecular formula is C19H20FNO. The number of benzene rings is 2. The minimum absolute atomic E-state index is 0.172. The fraction of sp³-hybridized carbons (Fsp3) is 0.263. The van der Waals surface area contributed by atoms with Gasteiger partial charge in [-0.25, -0.2) is 4.39 Å². The average molecular weight is 297 g/mol. The van der Waals surface area contributed by atoms with E-state index in [2.05, 4.69) is 13.8 Å². The Kier molecular flexibility index (Phi) is 3.88. The average Bonchev–Trinajstić information content (AvgIpc) is 2.87. The summed E-state index contributed by atoms with van der Waals surface area (Å²) in [5.74, 6) is 0.638. The van der Waals surface area contributed by atoms with Crippen LogP contribution in [-0.4, -0.2) is 4.57 Å². The molecule has 0 fully saturated rings. The summed E-state index contributed by atoms with van der Waals surface area (Å²) in [4.78, 5) is 0. The number of aromatic nitrogens is 1. The van der Waals surface area contributed by atoms with Gasteiger partial charge in [-0.2, -0.15) is 0 Å². The molecule has 0 spiro atoms. The highest BCUT2D eigenvalue weighted by atomic mass is 19.1. The molecule has 0 amide bonds. The summed E-state index contributed by atoms with van der Waals surface area (Å²) in [6.45, 7) is 6.58. The van der Waals surface area contributed by atoms with Crippen LogP contribution in [0.15, 0.2) is 48.5 Å². The van der Waals surface area contributed by atoms with Crippen molar-refractivity contribution in [2.75, 3.05) is 0 Å². The second-order valence-corrected chi connectivity index (χ2v) is 5.88. The van der Waals surface area contributed by atoms with Crippen molar-refractivity contribution < 1.29 is 9.13 Å². The number of rotatable bonds is 4. The number of ether oxygens (including phenoxy) is 1. The molecule has 1 aromatic heterocycles. The number of aryl methyl sites for hydroxylation is 1. The van der Waals surface area contributed by atoms with Crippen molar-refractivity contribution in [1.82, 2.24) is 4.57 Å². The zero-order chi connectivity index (χ0) is 15.7. The molecule has 0 aliphatic heterocycles. The SMILES string of the molecule is Cc1ccc(OCc2cc3cccc(F)c3n2C(C)C)cc1. The highest BCUT2D eigenvalue weighted by Crippen LogP contribution is 2.27. The Morgan fingerprint density at radius 1 is 1.09 bits per heavy atom. The summed E-state index contributed by atoms with van der Waals surface area (Å²) in [6.07, 6.45) is 0. The van der Waals surface area contributed by atoms with Gasteiger partial charge in [0.05, 0.1) is 11.2 Å². The van der Waals surface area contributed by atoms with Crippen molar-refractivity contribution in [3.8, 4) is 5.75 Å². The largest absolute Gasteiger partial charge is 0.487 e. The van der Waals surface area contributed by atoms with Crippen molar-refractivity contribution in [2.45, 2.75) is 33.4 Å². The summed E-state index contributed by atoms with van der Waals surface area (Å²) in [5.41, 5.74) is 2.83. The summed E-state index contributed by atoms with van der Waals surface area (Å²) < 4.78 is 22.0. The standard InChI is InChI=1S/C19H20FNO/c1-13(2)21-16(11-15-5-4-6-18(20)19(15)21)12-22-17-9-7-14(3)8-10-17/h4-11,13H,12H2,1-3H3. The molecule has 3 rings (SSSR count). The highest BCUT2D eigenvalue weighted by molar-refractivity contribution is 5.82. The maximum atomic E-state index is 14.2. The van der Waals surface area contributed by atoms with Crippen molar-refractivity contribution in [1.29, 1.82) is 0 Å². The second kappa shape index (κ2) is 5.84. The Labute approximate surface area is 130 Å². The summed E-state index contributed by atoms with van der Waals surface area (Å²) in [7, 11) is 0. The molecule has 2 nitrogen and oxygen atoms in total. The van der Waals surface area contributed by atoms with Crippen LogP contribution >= 0.6 is 0 Å². The van der Waals surface area contributed by atoms with E-state index < -0.39 is 0 Å². The predicted octanol–water partition coefficient (Wildman–Crippen LogP) is 5.25. The van der Waals surface area contributed by atoms with E-state index in [0.29, 0.717) is 12.1 Å². The molecule has 0 N–H and O–H groups in total. The van der Waals surface area contributed by atoms with Gasteiger partial charge < -0.3 is 9.30 Å². The van der Waals surface area contributed by atoms with Crippen LogP contribution in [0.2, 0.25) is 0 Å². The first-order chi connectivity index (χ1) is 10.6. The fourth-order valence-corrected chi connectivity index (χ4v) is 2.79. The molecule has 0 aliphatic carbocycles. The van der Waals surface area contributed by atoms with E-state index in [9.17, 15) is 4.39 Å². The number of hydrogen-bond acceptors (Lipinski definition) is 1. The summed E-state index contributed by atoms with van der Waals surface area (Å²) in [6, 6.07) is 15.3. The lowest BCUT2D eigenvalue weighted by Crippen LogP contribution is -2.09. The smallest absolute Gasteiger partial charge is 0.147 e. The van der Waals surface area contributed by atoms with Crippen molar-refractivity contribution in [2.24, 2.45) is 0 Å². The molecule has 0 unspecified atom stereocenters. The monoisotopic (exact) mass is 297 g/mol. The first-order valence-electron chi connectivity index (χ1n) is 7.54. The lowest BCUT2D eigenvalue weighted by atomic mass is 10.2. The first kappa shape index (κ1) is 14.6. The maximum absolute atomic E-state index is 14.2. The second-order valence-electron chi connectivity index (χ2n) is 5.88. The van der Waals surface area contributed by atoms with Gasteiger partial charge in [0.15, 0.2) is 0 Å². The van der Waals surface area contributed by atoms with Crippen molar-refractivity contribution >= 4 is 10.9 Å². The minimum Gasteiger partial charge on any atom is -0.487 e. The third-order valence-corrected chi connectivity index (χ3v) is 3.81. The molecule has 0 radical (unpaired) electrons. The van der Waals surface area contributed by atoms with E-state index in [0.717, 1.165) is 16.8 Å². The minimum atomic E-state index is -0.187. The van der Waals surface area contributed by atoms with Crippen LogP contribution in [0.25, 0.3) is 10.9 Å². The first-order valence-corrected chi connectivity index (χ1v) is 7.54. The van der Waals surface area contributed by atoms with Crippen LogP contribution in [0.4, 0.5) is 4.39 Å². The summed E-state index contributed by atoms with van der Waals surface area (Å²) in [5, 5.41) is 0.913. The molecule has 22 heavy (non-hydrogen) atoms. The van der Waals surface area contributed by atoms with Crippen LogP contribution in [0, 0.1) is 12.7 Å². The quantitative estimate of drug-likeness (QED) is 0.641. The van der Waals surface area contributed by atoms with Crippen LogP contribution in [0.1, 0.15) is 31.1 Å². The van der Waals surface area contributed by atoms with Gasteiger partial charge >= 0.3 is 0 Å². The molecule has 0 saturated carbocycles. The molecule has 3 heteroatoms. The molecular weight excluding hydrogens is 277 g/mol. The van der Waals surface area contributed by atoms with Crippen LogP contribution in [0.5, 0.6) is 5.75 Å². The van der Waals surface area contributed by atoms with E-state index in [4.69, 9.17) is 4.74 Å². The zero-order valence-electron chi connectivity index (χ0n) is 13.1. The normalized spacial score (nSPS) is 11.3. The Morgan fingerprint density at radius 2 is 1.82 bits per heavy atom. The van der Waals surface area contributed by atoms with Gasteiger partial charge in [-0.15, -0.1) is 0 Å². The van der Waals surface area contributed by atoms with E-state index in [1.165, 1.54) is 11.6 Å². The van der Waals surface area contributed by atoms with Crippen LogP contribution < -0.4 is 4.74 Å². The van der Waals surface area contributed by atoms with Crippen LogP contribution in [-0.2, 0) is 6.61 Å². The lowest BCUT2D eigenvalue weighted by Gasteiger charge is -2.15. The number of nitrogens with zero attached hydrogens (tertiary/aromatic N) is 1. The van der Waals surface area contributed by atoms with Crippen LogP contribution in [0.3, 0.4) is 0 Å².